The van der Waals surface area contributed by atoms with Crippen molar-refractivity contribution >= 4 is 6.08 Å². The van der Waals surface area contributed by atoms with Gasteiger partial charge < -0.3 is 0 Å². The van der Waals surface area contributed by atoms with Crippen LogP contribution in [0, 0.1) is 0 Å². The summed E-state index contributed by atoms with van der Waals surface area (Å²) in [5.41, 5.74) is 3.72. The number of alkyl halides is 5. The van der Waals surface area contributed by atoms with Gasteiger partial charge in [-0.3, -0.25) is 0 Å². The molecule has 3 rings (SSSR count). The van der Waals surface area contributed by atoms with Gasteiger partial charge in [-0.05, 0) is 35.6 Å². The van der Waals surface area contributed by atoms with Crippen LogP contribution in [0.15, 0.2) is 48.0 Å². The molecule has 0 saturated carbocycles. The van der Waals surface area contributed by atoms with E-state index < -0.39 is 17.7 Å². The first-order valence-electron chi connectivity index (χ1n) is 7.04. The van der Waals surface area contributed by atoms with Gasteiger partial charge in [0.1, 0.15) is 0 Å². The summed E-state index contributed by atoms with van der Waals surface area (Å²) >= 11 is 0. The molecule has 0 bridgehead atoms. The highest BCUT2D eigenvalue weighted by Gasteiger charge is 2.58. The third-order valence-electron chi connectivity index (χ3n) is 3.97. The van der Waals surface area contributed by atoms with Crippen molar-refractivity contribution in [3.05, 3.63) is 64.7 Å². The van der Waals surface area contributed by atoms with E-state index in [1.165, 1.54) is 17.7 Å². The van der Waals surface area contributed by atoms with E-state index in [2.05, 4.69) is 0 Å². The topological polar surface area (TPSA) is 0 Å². The molecule has 0 aliphatic heterocycles. The summed E-state index contributed by atoms with van der Waals surface area (Å²) in [6, 6.07) is 9.99. The molecule has 0 nitrogen and oxygen atoms in total. The van der Waals surface area contributed by atoms with Crippen molar-refractivity contribution in [3.63, 3.8) is 0 Å². The molecule has 0 fully saturated rings. The normalized spacial score (nSPS) is 14.6. The zero-order valence-electron chi connectivity index (χ0n) is 12.2. The molecule has 1 aliphatic rings. The number of halogens is 5. The summed E-state index contributed by atoms with van der Waals surface area (Å²) in [7, 11) is 0. The molecule has 0 aromatic heterocycles. The van der Waals surface area contributed by atoms with Crippen molar-refractivity contribution in [1.82, 2.24) is 0 Å². The Kier molecular flexibility index (Phi) is 3.54. The fourth-order valence-corrected chi connectivity index (χ4v) is 2.81. The second-order valence-electron chi connectivity index (χ2n) is 5.70. The van der Waals surface area contributed by atoms with Crippen molar-refractivity contribution in [1.29, 1.82) is 0 Å². The summed E-state index contributed by atoms with van der Waals surface area (Å²) < 4.78 is 63.9. The van der Waals surface area contributed by atoms with Gasteiger partial charge in [-0.1, -0.05) is 54.1 Å². The average molecular weight is 324 g/mol. The predicted octanol–water partition coefficient (Wildman–Crippen LogP) is 5.97. The van der Waals surface area contributed by atoms with E-state index in [0.717, 1.165) is 35.2 Å². The molecule has 1 aliphatic carbocycles. The van der Waals surface area contributed by atoms with E-state index in [4.69, 9.17) is 0 Å². The van der Waals surface area contributed by atoms with Crippen molar-refractivity contribution < 1.29 is 22.0 Å². The first-order chi connectivity index (χ1) is 10.7. The van der Waals surface area contributed by atoms with Gasteiger partial charge in [-0.2, -0.15) is 22.0 Å². The number of hydrogen-bond donors (Lipinski definition) is 0. The second-order valence-corrected chi connectivity index (χ2v) is 5.70. The quantitative estimate of drug-likeness (QED) is 0.597. The van der Waals surface area contributed by atoms with Crippen LogP contribution in [0.1, 0.15) is 23.6 Å². The number of fused-ring (bicyclic) bond motifs is 1. The molecule has 0 heterocycles. The Labute approximate surface area is 130 Å². The minimum absolute atomic E-state index is 0.620. The molecule has 0 radical (unpaired) electrons. The van der Waals surface area contributed by atoms with E-state index in [9.17, 15) is 22.0 Å². The Hall–Kier alpha value is -2.17. The lowest BCUT2D eigenvalue weighted by atomic mass is 9.95. The van der Waals surface area contributed by atoms with Crippen LogP contribution in [0.3, 0.4) is 0 Å². The summed E-state index contributed by atoms with van der Waals surface area (Å²) in [5.74, 6) is -4.85. The Balaban J connectivity index is 2.01. The molecule has 0 amide bonds. The molecule has 2 aromatic rings. The van der Waals surface area contributed by atoms with Gasteiger partial charge >= 0.3 is 12.1 Å². The zero-order valence-corrected chi connectivity index (χ0v) is 12.2. The van der Waals surface area contributed by atoms with Crippen molar-refractivity contribution in [2.24, 2.45) is 0 Å². The Morgan fingerprint density at radius 3 is 2.13 bits per heavy atom. The van der Waals surface area contributed by atoms with Gasteiger partial charge in [-0.25, -0.2) is 0 Å². The van der Waals surface area contributed by atoms with Gasteiger partial charge in [0.05, 0.1) is 0 Å². The molecule has 120 valence electrons. The highest BCUT2D eigenvalue weighted by molar-refractivity contribution is 5.80. The maximum absolute atomic E-state index is 13.3. The van der Waals surface area contributed by atoms with E-state index in [0.29, 0.717) is 5.56 Å². The van der Waals surface area contributed by atoms with Crippen molar-refractivity contribution in [3.8, 4) is 11.1 Å². The fourth-order valence-electron chi connectivity index (χ4n) is 2.81. The van der Waals surface area contributed by atoms with Gasteiger partial charge in [0.2, 0.25) is 0 Å². The number of allylic oxidation sites excluding steroid dienone is 1. The first kappa shape index (κ1) is 15.7. The minimum atomic E-state index is -5.59. The average Bonchev–Trinajstić information content (AvgIpc) is 2.86. The molecule has 0 atom stereocenters. The third-order valence-corrected chi connectivity index (χ3v) is 3.97. The highest BCUT2D eigenvalue weighted by atomic mass is 19.4. The van der Waals surface area contributed by atoms with Crippen molar-refractivity contribution in [2.45, 2.75) is 25.4 Å². The Bertz CT molecular complexity index is 767. The molecule has 0 unspecified atom stereocenters. The lowest BCUT2D eigenvalue weighted by molar-refractivity contribution is -0.289. The molecule has 0 N–H and O–H groups in total. The highest BCUT2D eigenvalue weighted by Crippen LogP contribution is 2.44. The molecule has 5 heteroatoms. The largest absolute Gasteiger partial charge is 0.458 e. The standard InChI is InChI=1S/C18H13F5/c1-11-9-13-3-2-4-15(16(13)10-11)12-5-7-14(8-6-12)17(19,20)18(21,22)23/h2-8,10H,9H2,1H3. The van der Waals surface area contributed by atoms with Crippen LogP contribution >= 0.6 is 0 Å². The lowest BCUT2D eigenvalue weighted by Crippen LogP contribution is -2.33. The van der Waals surface area contributed by atoms with Crippen LogP contribution in [-0.2, 0) is 12.3 Å². The maximum atomic E-state index is 13.3. The number of rotatable bonds is 2. The minimum Gasteiger partial charge on any atom is -0.191 e. The van der Waals surface area contributed by atoms with Crippen LogP contribution in [0.2, 0.25) is 0 Å². The zero-order chi connectivity index (χ0) is 16.8. The predicted molar refractivity (Wildman–Crippen MR) is 79.2 cm³/mol. The van der Waals surface area contributed by atoms with E-state index in [1.54, 1.807) is 0 Å². The summed E-state index contributed by atoms with van der Waals surface area (Å²) in [4.78, 5) is 0. The van der Waals surface area contributed by atoms with Crippen LogP contribution in [0.5, 0.6) is 0 Å². The number of hydrogen-bond acceptors (Lipinski definition) is 0. The molecular formula is C18H13F5. The monoisotopic (exact) mass is 324 g/mol. The van der Waals surface area contributed by atoms with E-state index in [1.807, 2.05) is 31.2 Å². The van der Waals surface area contributed by atoms with Crippen LogP contribution in [0.25, 0.3) is 17.2 Å². The summed E-state index contributed by atoms with van der Waals surface area (Å²) in [6.07, 6.45) is -2.75. The summed E-state index contributed by atoms with van der Waals surface area (Å²) in [6.45, 7) is 2.00. The molecule has 2 aromatic carbocycles. The van der Waals surface area contributed by atoms with E-state index in [-0.39, 0.29) is 0 Å². The van der Waals surface area contributed by atoms with Crippen LogP contribution < -0.4 is 0 Å². The fraction of sp³-hybridized carbons (Fsp3) is 0.222. The van der Waals surface area contributed by atoms with Crippen LogP contribution in [0.4, 0.5) is 22.0 Å². The first-order valence-corrected chi connectivity index (χ1v) is 7.04. The summed E-state index contributed by atoms with van der Waals surface area (Å²) in [5, 5.41) is 0. The third kappa shape index (κ3) is 2.64. The molecule has 23 heavy (non-hydrogen) atoms. The van der Waals surface area contributed by atoms with E-state index >= 15 is 0 Å². The van der Waals surface area contributed by atoms with Gasteiger partial charge in [0.25, 0.3) is 0 Å². The smallest absolute Gasteiger partial charge is 0.191 e. The second kappa shape index (κ2) is 5.18. The Morgan fingerprint density at radius 2 is 1.52 bits per heavy atom. The maximum Gasteiger partial charge on any atom is 0.458 e. The lowest BCUT2D eigenvalue weighted by Gasteiger charge is -2.20. The molecular weight excluding hydrogens is 311 g/mol. The Morgan fingerprint density at radius 1 is 0.870 bits per heavy atom. The molecule has 0 saturated heterocycles. The number of benzene rings is 2. The van der Waals surface area contributed by atoms with Crippen molar-refractivity contribution in [2.75, 3.05) is 0 Å². The van der Waals surface area contributed by atoms with Gasteiger partial charge in [0, 0.05) is 5.56 Å². The van der Waals surface area contributed by atoms with Gasteiger partial charge in [-0.15, -0.1) is 0 Å². The SMILES string of the molecule is CC1=Cc2c(cccc2-c2ccc(C(F)(F)C(F)(F)F)cc2)C1. The van der Waals surface area contributed by atoms with Gasteiger partial charge in [0.15, 0.2) is 0 Å². The molecule has 0 spiro atoms. The van der Waals surface area contributed by atoms with Crippen LogP contribution in [-0.4, -0.2) is 6.18 Å².